The molecule has 0 spiro atoms. The Balaban J connectivity index is 1.50. The molecule has 0 aliphatic rings. The Kier molecular flexibility index (Phi) is 4.62. The van der Waals surface area contributed by atoms with Crippen LogP contribution < -0.4 is 10.2 Å². The van der Waals surface area contributed by atoms with Crippen molar-refractivity contribution in [2.75, 3.05) is 5.43 Å². The zero-order valence-electron chi connectivity index (χ0n) is 14.6. The number of aromatic nitrogens is 5. The number of nitrogens with zero attached hydrogens (tertiary/aromatic N) is 5. The second kappa shape index (κ2) is 7.13. The van der Waals surface area contributed by atoms with Crippen LogP contribution in [0.2, 0.25) is 0 Å². The fourth-order valence-electron chi connectivity index (χ4n) is 2.49. The van der Waals surface area contributed by atoms with Crippen LogP contribution in [-0.2, 0) is 6.18 Å². The Morgan fingerprint density at radius 2 is 2.03 bits per heavy atom. The van der Waals surface area contributed by atoms with Crippen LogP contribution in [-0.4, -0.2) is 30.7 Å². The van der Waals surface area contributed by atoms with Gasteiger partial charge in [-0.05, 0) is 25.1 Å². The minimum Gasteiger partial charge on any atom is -0.406 e. The Bertz CT molecular complexity index is 1190. The molecule has 0 aliphatic carbocycles. The highest BCUT2D eigenvalue weighted by molar-refractivity contribution is 7.12. The quantitative estimate of drug-likeness (QED) is 0.538. The number of aryl methyl sites for hydroxylation is 1. The molecular weight excluding hydrogens is 409 g/mol. The third-order valence-electron chi connectivity index (χ3n) is 3.81. The predicted molar refractivity (Wildman–Crippen MR) is 98.0 cm³/mol. The first-order valence-electron chi connectivity index (χ1n) is 8.09. The van der Waals surface area contributed by atoms with E-state index in [0.717, 1.165) is 6.07 Å². The van der Waals surface area contributed by atoms with Crippen molar-refractivity contribution in [2.45, 2.75) is 13.1 Å². The molecule has 8 nitrogen and oxygen atoms in total. The summed E-state index contributed by atoms with van der Waals surface area (Å²) in [7, 11) is 0. The third kappa shape index (κ3) is 3.87. The molecule has 148 valence electrons. The number of halogens is 3. The fourth-order valence-corrected chi connectivity index (χ4v) is 3.06. The van der Waals surface area contributed by atoms with E-state index in [-0.39, 0.29) is 16.8 Å². The molecule has 0 saturated carbocycles. The Morgan fingerprint density at radius 3 is 2.72 bits per heavy atom. The van der Waals surface area contributed by atoms with Crippen molar-refractivity contribution in [3.8, 4) is 16.6 Å². The molecule has 0 fully saturated rings. The smallest absolute Gasteiger partial charge is 0.406 e. The predicted octanol–water partition coefficient (Wildman–Crippen LogP) is 4.02. The second-order valence-electron chi connectivity index (χ2n) is 5.77. The highest BCUT2D eigenvalue weighted by atomic mass is 32.1. The van der Waals surface area contributed by atoms with Crippen molar-refractivity contribution in [3.05, 3.63) is 53.6 Å². The van der Waals surface area contributed by atoms with E-state index < -0.39 is 18.0 Å². The van der Waals surface area contributed by atoms with Gasteiger partial charge in [0.25, 0.3) is 0 Å². The molecule has 0 unspecified atom stereocenters. The zero-order chi connectivity index (χ0) is 20.6. The first-order valence-corrected chi connectivity index (χ1v) is 8.97. The molecule has 1 amide bonds. The van der Waals surface area contributed by atoms with E-state index in [4.69, 9.17) is 4.74 Å². The second-order valence-corrected chi connectivity index (χ2v) is 6.66. The lowest BCUT2D eigenvalue weighted by Crippen LogP contribution is -2.25. The SMILES string of the molecule is Cc1nc(-c2nccs2)ncc1OC(=O)Nn1ccc2nc(C(F)(F)F)ccc21. The van der Waals surface area contributed by atoms with Crippen LogP contribution in [0.4, 0.5) is 18.0 Å². The number of alkyl halides is 3. The van der Waals surface area contributed by atoms with Crippen molar-refractivity contribution in [3.63, 3.8) is 0 Å². The number of nitrogens with one attached hydrogen (secondary N) is 1. The minimum absolute atomic E-state index is 0.0763. The summed E-state index contributed by atoms with van der Waals surface area (Å²) in [5, 5.41) is 2.42. The van der Waals surface area contributed by atoms with Gasteiger partial charge in [-0.2, -0.15) is 13.2 Å². The van der Waals surface area contributed by atoms with Gasteiger partial charge in [0.2, 0.25) is 0 Å². The molecule has 1 N–H and O–H groups in total. The van der Waals surface area contributed by atoms with E-state index in [0.29, 0.717) is 16.5 Å². The molecule has 0 aromatic carbocycles. The third-order valence-corrected chi connectivity index (χ3v) is 4.58. The molecular formula is C17H11F3N6O2S. The lowest BCUT2D eigenvalue weighted by atomic mass is 10.3. The fraction of sp³-hybridized carbons (Fsp3) is 0.118. The number of hydrogen-bond acceptors (Lipinski definition) is 7. The van der Waals surface area contributed by atoms with E-state index >= 15 is 0 Å². The molecule has 0 radical (unpaired) electrons. The van der Waals surface area contributed by atoms with Crippen LogP contribution in [0, 0.1) is 6.92 Å². The topological polar surface area (TPSA) is 94.8 Å². The Morgan fingerprint density at radius 1 is 1.21 bits per heavy atom. The van der Waals surface area contributed by atoms with E-state index in [1.165, 1.54) is 40.5 Å². The van der Waals surface area contributed by atoms with Crippen molar-refractivity contribution in [1.29, 1.82) is 0 Å². The molecule has 0 saturated heterocycles. The van der Waals surface area contributed by atoms with Crippen LogP contribution in [0.25, 0.3) is 21.9 Å². The van der Waals surface area contributed by atoms with Gasteiger partial charge in [0.1, 0.15) is 5.69 Å². The van der Waals surface area contributed by atoms with Gasteiger partial charge >= 0.3 is 12.3 Å². The summed E-state index contributed by atoms with van der Waals surface area (Å²) in [6, 6.07) is 3.39. The number of ether oxygens (including phenoxy) is 1. The molecule has 12 heteroatoms. The van der Waals surface area contributed by atoms with Crippen LogP contribution in [0.1, 0.15) is 11.4 Å². The standard InChI is InChI=1S/C17H11F3N6O2S/c1-9-12(8-22-14(23-9)15-21-5-7-29-15)28-16(27)25-26-6-4-10-11(26)2-3-13(24-10)17(18,19)20/h2-8H,1H3,(H,25,27). The normalized spacial score (nSPS) is 11.6. The highest BCUT2D eigenvalue weighted by Gasteiger charge is 2.32. The van der Waals surface area contributed by atoms with Crippen molar-refractivity contribution in [2.24, 2.45) is 0 Å². The number of thiazole rings is 1. The zero-order valence-corrected chi connectivity index (χ0v) is 15.5. The first kappa shape index (κ1) is 18.8. The molecule has 4 aromatic heterocycles. The van der Waals surface area contributed by atoms with Gasteiger partial charge in [-0.15, -0.1) is 11.3 Å². The van der Waals surface area contributed by atoms with E-state index in [2.05, 4.69) is 25.4 Å². The summed E-state index contributed by atoms with van der Waals surface area (Å²) < 4.78 is 44.7. The van der Waals surface area contributed by atoms with Gasteiger partial charge in [-0.3, -0.25) is 4.68 Å². The van der Waals surface area contributed by atoms with Crippen molar-refractivity contribution >= 4 is 28.5 Å². The molecule has 0 aliphatic heterocycles. The van der Waals surface area contributed by atoms with Crippen LogP contribution >= 0.6 is 11.3 Å². The number of carbonyl (C=O) groups is 1. The summed E-state index contributed by atoms with van der Waals surface area (Å²) in [6.45, 7) is 1.65. The monoisotopic (exact) mass is 420 g/mol. The average molecular weight is 420 g/mol. The van der Waals surface area contributed by atoms with E-state index in [1.807, 2.05) is 0 Å². The number of hydrogen-bond donors (Lipinski definition) is 1. The average Bonchev–Trinajstić information content (AvgIpc) is 3.33. The summed E-state index contributed by atoms with van der Waals surface area (Å²) >= 11 is 1.37. The molecule has 4 aromatic rings. The van der Waals surface area contributed by atoms with Gasteiger partial charge < -0.3 is 4.74 Å². The molecule has 0 atom stereocenters. The molecule has 4 heterocycles. The van der Waals surface area contributed by atoms with Crippen LogP contribution in [0.15, 0.2) is 42.2 Å². The number of pyridine rings is 1. The maximum atomic E-state index is 12.8. The molecule has 29 heavy (non-hydrogen) atoms. The summed E-state index contributed by atoms with van der Waals surface area (Å²) in [4.78, 5) is 28.2. The molecule has 0 bridgehead atoms. The Labute approximate surface area is 165 Å². The van der Waals surface area contributed by atoms with Crippen LogP contribution in [0.3, 0.4) is 0 Å². The number of carbonyl (C=O) groups excluding carboxylic acids is 1. The van der Waals surface area contributed by atoms with Crippen molar-refractivity contribution in [1.82, 2.24) is 24.6 Å². The summed E-state index contributed by atoms with van der Waals surface area (Å²) in [6.07, 6.45) is -1.07. The minimum atomic E-state index is -4.55. The van der Waals surface area contributed by atoms with Gasteiger partial charge in [0, 0.05) is 17.8 Å². The molecule has 4 rings (SSSR count). The largest absolute Gasteiger partial charge is 0.433 e. The van der Waals surface area contributed by atoms with Crippen LogP contribution in [0.5, 0.6) is 5.75 Å². The summed E-state index contributed by atoms with van der Waals surface area (Å²) in [5.41, 5.74) is 2.18. The maximum absolute atomic E-state index is 12.8. The van der Waals surface area contributed by atoms with Crippen molar-refractivity contribution < 1.29 is 22.7 Å². The lowest BCUT2D eigenvalue weighted by Gasteiger charge is -2.10. The van der Waals surface area contributed by atoms with E-state index in [9.17, 15) is 18.0 Å². The number of fused-ring (bicyclic) bond motifs is 1. The van der Waals surface area contributed by atoms with E-state index in [1.54, 1.807) is 18.5 Å². The van der Waals surface area contributed by atoms with Gasteiger partial charge in [0.15, 0.2) is 16.6 Å². The lowest BCUT2D eigenvalue weighted by molar-refractivity contribution is -0.140. The summed E-state index contributed by atoms with van der Waals surface area (Å²) in [5.74, 6) is 0.546. The number of amides is 1. The Hall–Kier alpha value is -3.54. The first-order chi connectivity index (χ1) is 13.8. The highest BCUT2D eigenvalue weighted by Crippen LogP contribution is 2.29. The van der Waals surface area contributed by atoms with Gasteiger partial charge in [0.05, 0.1) is 22.9 Å². The van der Waals surface area contributed by atoms with Gasteiger partial charge in [-0.1, -0.05) is 0 Å². The van der Waals surface area contributed by atoms with Gasteiger partial charge in [-0.25, -0.2) is 30.2 Å². The number of rotatable bonds is 3. The maximum Gasteiger partial charge on any atom is 0.433 e.